The third kappa shape index (κ3) is 3.94. The Morgan fingerprint density at radius 1 is 1.11 bits per heavy atom. The van der Waals surface area contributed by atoms with Crippen LogP contribution in [0.15, 0.2) is 53.1 Å². The molecule has 4 rings (SSSR count). The van der Waals surface area contributed by atoms with Gasteiger partial charge in [0.05, 0.1) is 6.26 Å². The van der Waals surface area contributed by atoms with Gasteiger partial charge in [-0.05, 0) is 37.0 Å². The number of hydrogen-bond acceptors (Lipinski definition) is 4. The number of nitrogens with zero attached hydrogens (tertiary/aromatic N) is 3. The van der Waals surface area contributed by atoms with E-state index < -0.39 is 0 Å². The van der Waals surface area contributed by atoms with Gasteiger partial charge in [0.15, 0.2) is 0 Å². The predicted octanol–water partition coefficient (Wildman–Crippen LogP) is 3.55. The van der Waals surface area contributed by atoms with Crippen LogP contribution >= 0.6 is 0 Å². The van der Waals surface area contributed by atoms with Gasteiger partial charge in [0.25, 0.3) is 5.91 Å². The highest BCUT2D eigenvalue weighted by Gasteiger charge is 2.21. The molecular formula is C21H24N4O2. The van der Waals surface area contributed by atoms with Crippen molar-refractivity contribution in [2.75, 3.05) is 6.54 Å². The van der Waals surface area contributed by atoms with Crippen LogP contribution in [0.1, 0.15) is 59.4 Å². The van der Waals surface area contributed by atoms with Gasteiger partial charge in [0.2, 0.25) is 5.82 Å². The van der Waals surface area contributed by atoms with E-state index >= 15 is 0 Å². The summed E-state index contributed by atoms with van der Waals surface area (Å²) in [5.74, 6) is 2.22. The van der Waals surface area contributed by atoms with Crippen LogP contribution in [0.2, 0.25) is 0 Å². The molecule has 3 aromatic rings. The lowest BCUT2D eigenvalue weighted by Gasteiger charge is -2.15. The molecule has 1 N–H and O–H groups in total. The zero-order valence-corrected chi connectivity index (χ0v) is 15.3. The number of carbonyl (C=O) groups excluding carboxylic acids is 1. The molecule has 0 aliphatic carbocycles. The van der Waals surface area contributed by atoms with Crippen molar-refractivity contribution < 1.29 is 9.21 Å². The summed E-state index contributed by atoms with van der Waals surface area (Å²) in [6.45, 7) is 1.37. The van der Waals surface area contributed by atoms with Crippen LogP contribution in [-0.2, 0) is 13.0 Å². The minimum absolute atomic E-state index is 0.108. The summed E-state index contributed by atoms with van der Waals surface area (Å²) in [5.41, 5.74) is 1.18. The molecule has 1 amide bonds. The summed E-state index contributed by atoms with van der Waals surface area (Å²) in [4.78, 5) is 12.6. The van der Waals surface area contributed by atoms with Crippen molar-refractivity contribution in [3.63, 3.8) is 0 Å². The Labute approximate surface area is 158 Å². The fraction of sp³-hybridized carbons (Fsp3) is 0.381. The summed E-state index contributed by atoms with van der Waals surface area (Å²) in [6.07, 6.45) is 6.70. The second kappa shape index (κ2) is 8.20. The molecular weight excluding hydrogens is 340 g/mol. The monoisotopic (exact) mass is 364 g/mol. The molecule has 0 bridgehead atoms. The number of nitrogens with one attached hydrogen (secondary N) is 1. The highest BCUT2D eigenvalue weighted by molar-refractivity contribution is 5.90. The molecule has 0 saturated heterocycles. The van der Waals surface area contributed by atoms with E-state index in [1.165, 1.54) is 12.0 Å². The Hall–Kier alpha value is -2.89. The number of furan rings is 1. The number of aryl methyl sites for hydroxylation is 1. The van der Waals surface area contributed by atoms with Gasteiger partial charge in [-0.1, -0.05) is 36.8 Å². The summed E-state index contributed by atoms with van der Waals surface area (Å²) >= 11 is 0. The average Bonchev–Trinajstić information content (AvgIpc) is 3.31. The maximum absolute atomic E-state index is 12.6. The van der Waals surface area contributed by atoms with E-state index in [0.29, 0.717) is 12.4 Å². The largest absolute Gasteiger partial charge is 0.469 e. The number of carbonyl (C=O) groups is 1. The van der Waals surface area contributed by atoms with Crippen molar-refractivity contribution in [3.8, 4) is 0 Å². The molecule has 2 aromatic heterocycles. The van der Waals surface area contributed by atoms with Crippen LogP contribution < -0.4 is 5.32 Å². The lowest BCUT2D eigenvalue weighted by atomic mass is 9.93. The van der Waals surface area contributed by atoms with Gasteiger partial charge in [-0.2, -0.15) is 0 Å². The van der Waals surface area contributed by atoms with Crippen molar-refractivity contribution >= 4 is 5.91 Å². The smallest absolute Gasteiger partial charge is 0.289 e. The van der Waals surface area contributed by atoms with Crippen molar-refractivity contribution in [2.24, 2.45) is 0 Å². The van der Waals surface area contributed by atoms with Gasteiger partial charge < -0.3 is 14.3 Å². The molecule has 27 heavy (non-hydrogen) atoms. The molecule has 1 aromatic carbocycles. The maximum atomic E-state index is 12.6. The van der Waals surface area contributed by atoms with Gasteiger partial charge in [-0.15, -0.1) is 10.2 Å². The first-order valence-corrected chi connectivity index (χ1v) is 9.61. The molecule has 1 aliphatic rings. The molecule has 3 heterocycles. The van der Waals surface area contributed by atoms with E-state index in [-0.39, 0.29) is 11.8 Å². The highest BCUT2D eigenvalue weighted by atomic mass is 16.3. The van der Waals surface area contributed by atoms with Crippen molar-refractivity contribution in [1.82, 2.24) is 20.1 Å². The van der Waals surface area contributed by atoms with Crippen LogP contribution in [0, 0.1) is 0 Å². The minimum Gasteiger partial charge on any atom is -0.469 e. The molecule has 6 heteroatoms. The van der Waals surface area contributed by atoms with Crippen LogP contribution in [0.4, 0.5) is 0 Å². The summed E-state index contributed by atoms with van der Waals surface area (Å²) in [7, 11) is 0. The molecule has 1 atom stereocenters. The molecule has 6 nitrogen and oxygen atoms in total. The lowest BCUT2D eigenvalue weighted by Crippen LogP contribution is -2.29. The Bertz CT molecular complexity index is 871. The van der Waals surface area contributed by atoms with Crippen molar-refractivity contribution in [3.05, 3.63) is 71.7 Å². The number of aromatic nitrogens is 3. The lowest BCUT2D eigenvalue weighted by molar-refractivity contribution is 0.0937. The molecule has 0 spiro atoms. The normalized spacial score (nSPS) is 15.0. The highest BCUT2D eigenvalue weighted by Crippen LogP contribution is 2.27. The van der Waals surface area contributed by atoms with E-state index in [0.717, 1.165) is 43.8 Å². The third-order valence-corrected chi connectivity index (χ3v) is 5.12. The van der Waals surface area contributed by atoms with Gasteiger partial charge in [-0.3, -0.25) is 4.79 Å². The fourth-order valence-electron chi connectivity index (χ4n) is 3.71. The Morgan fingerprint density at radius 2 is 2.00 bits per heavy atom. The first kappa shape index (κ1) is 17.5. The Kier molecular flexibility index (Phi) is 5.32. The van der Waals surface area contributed by atoms with Crippen LogP contribution in [0.5, 0.6) is 0 Å². The first-order valence-electron chi connectivity index (χ1n) is 9.61. The maximum Gasteiger partial charge on any atom is 0.289 e. The molecule has 0 radical (unpaired) electrons. The van der Waals surface area contributed by atoms with Gasteiger partial charge >= 0.3 is 0 Å². The predicted molar refractivity (Wildman–Crippen MR) is 102 cm³/mol. The molecule has 140 valence electrons. The van der Waals surface area contributed by atoms with Crippen molar-refractivity contribution in [1.29, 1.82) is 0 Å². The van der Waals surface area contributed by atoms with Gasteiger partial charge in [-0.25, -0.2) is 0 Å². The number of amides is 1. The number of fused-ring (bicyclic) bond motifs is 1. The van der Waals surface area contributed by atoms with Gasteiger partial charge in [0, 0.05) is 25.4 Å². The minimum atomic E-state index is -0.151. The molecule has 0 fully saturated rings. The molecule has 0 saturated carbocycles. The number of hydrogen-bond donors (Lipinski definition) is 1. The molecule has 1 aliphatic heterocycles. The van der Waals surface area contributed by atoms with E-state index in [1.54, 1.807) is 6.26 Å². The SMILES string of the molecule is O=C(NCCC(c1ccccc1)c1ccco1)c1nnc2n1CCCCC2. The quantitative estimate of drug-likeness (QED) is 0.726. The summed E-state index contributed by atoms with van der Waals surface area (Å²) in [5, 5.41) is 11.3. The Balaban J connectivity index is 1.42. The first-order chi connectivity index (χ1) is 13.3. The second-order valence-corrected chi connectivity index (χ2v) is 6.93. The van der Waals surface area contributed by atoms with Crippen molar-refractivity contribution in [2.45, 2.75) is 44.6 Å². The van der Waals surface area contributed by atoms with Crippen LogP contribution in [0.25, 0.3) is 0 Å². The number of rotatable bonds is 6. The standard InChI is InChI=1S/C21H24N4O2/c26-21(20-24-23-19-11-5-2-6-14-25(19)20)22-13-12-17(18-10-7-15-27-18)16-8-3-1-4-9-16/h1,3-4,7-10,15,17H,2,5-6,11-14H2,(H,22,26). The summed E-state index contributed by atoms with van der Waals surface area (Å²) < 4.78 is 7.60. The zero-order valence-electron chi connectivity index (χ0n) is 15.3. The summed E-state index contributed by atoms with van der Waals surface area (Å²) in [6, 6.07) is 14.1. The van der Waals surface area contributed by atoms with E-state index in [9.17, 15) is 4.79 Å². The third-order valence-electron chi connectivity index (χ3n) is 5.12. The zero-order chi connectivity index (χ0) is 18.5. The van der Waals surface area contributed by atoms with Gasteiger partial charge in [0.1, 0.15) is 11.6 Å². The topological polar surface area (TPSA) is 73.0 Å². The van der Waals surface area contributed by atoms with E-state index in [1.807, 2.05) is 34.9 Å². The number of benzene rings is 1. The van der Waals surface area contributed by atoms with Crippen LogP contribution in [0.3, 0.4) is 0 Å². The van der Waals surface area contributed by atoms with E-state index in [2.05, 4.69) is 27.6 Å². The molecule has 1 unspecified atom stereocenters. The average molecular weight is 364 g/mol. The second-order valence-electron chi connectivity index (χ2n) is 6.93. The van der Waals surface area contributed by atoms with Crippen LogP contribution in [-0.4, -0.2) is 27.2 Å². The van der Waals surface area contributed by atoms with E-state index in [4.69, 9.17) is 4.42 Å². The fourth-order valence-corrected chi connectivity index (χ4v) is 3.71. The Morgan fingerprint density at radius 3 is 2.81 bits per heavy atom.